The van der Waals surface area contributed by atoms with Crippen molar-refractivity contribution in [2.24, 2.45) is 5.92 Å². The van der Waals surface area contributed by atoms with Gasteiger partial charge in [0.2, 0.25) is 5.91 Å². The standard InChI is InChI=1S/C24H31ClN4O3S/c1-14-19(11-16(25)12-26-14)27-13-18-9-10-20(33-18)23(30)29-21(24(31)28-17-7-8-17)22(32-2)15-5-3-4-6-15/h9-12,15,17,21-22,27H,3-8,13H2,1-2H3,(H,28,31)(H,29,30)/t21-,22+/m0/s1. The summed E-state index contributed by atoms with van der Waals surface area (Å²) in [5, 5.41) is 9.92. The summed E-state index contributed by atoms with van der Waals surface area (Å²) >= 11 is 7.44. The molecule has 0 bridgehead atoms. The number of nitrogens with zero attached hydrogens (tertiary/aromatic N) is 1. The van der Waals surface area contributed by atoms with Gasteiger partial charge in [-0.1, -0.05) is 24.4 Å². The molecule has 0 aromatic carbocycles. The van der Waals surface area contributed by atoms with Gasteiger partial charge in [-0.25, -0.2) is 0 Å². The second kappa shape index (κ2) is 10.8. The van der Waals surface area contributed by atoms with Crippen molar-refractivity contribution in [2.75, 3.05) is 12.4 Å². The summed E-state index contributed by atoms with van der Waals surface area (Å²) in [6.45, 7) is 2.46. The largest absolute Gasteiger partial charge is 0.379 e. The number of thiophene rings is 1. The van der Waals surface area contributed by atoms with E-state index in [1.165, 1.54) is 11.3 Å². The Bertz CT molecular complexity index is 988. The summed E-state index contributed by atoms with van der Waals surface area (Å²) in [4.78, 5) is 31.9. The van der Waals surface area contributed by atoms with E-state index in [9.17, 15) is 9.59 Å². The molecule has 2 amide bonds. The fraction of sp³-hybridized carbons (Fsp3) is 0.542. The van der Waals surface area contributed by atoms with E-state index in [1.54, 1.807) is 19.4 Å². The van der Waals surface area contributed by atoms with Gasteiger partial charge in [0.1, 0.15) is 6.04 Å². The molecule has 7 nitrogen and oxygen atoms in total. The van der Waals surface area contributed by atoms with Crippen molar-refractivity contribution in [3.63, 3.8) is 0 Å². The number of ether oxygens (including phenoxy) is 1. The van der Waals surface area contributed by atoms with Gasteiger partial charge in [-0.2, -0.15) is 0 Å². The number of aromatic nitrogens is 1. The van der Waals surface area contributed by atoms with Crippen molar-refractivity contribution in [3.8, 4) is 0 Å². The lowest BCUT2D eigenvalue weighted by atomic mass is 9.93. The lowest BCUT2D eigenvalue weighted by molar-refractivity contribution is -0.127. The molecule has 3 N–H and O–H groups in total. The maximum atomic E-state index is 13.1. The molecule has 9 heteroatoms. The van der Waals surface area contributed by atoms with Crippen LogP contribution in [0.1, 0.15) is 58.8 Å². The third-order valence-electron chi connectivity index (χ3n) is 6.35. The SMILES string of the molecule is CO[C@H](C1CCCC1)[C@H](NC(=O)c1ccc(CNc2cc(Cl)cnc2C)s1)C(=O)NC1CC1. The number of nitrogens with one attached hydrogen (secondary N) is 3. The summed E-state index contributed by atoms with van der Waals surface area (Å²) in [5.74, 6) is -0.113. The van der Waals surface area contributed by atoms with Crippen molar-refractivity contribution in [1.82, 2.24) is 15.6 Å². The minimum absolute atomic E-state index is 0.146. The van der Waals surface area contributed by atoms with Crippen LogP contribution < -0.4 is 16.0 Å². The van der Waals surface area contributed by atoms with Gasteiger partial charge in [0.25, 0.3) is 5.91 Å². The van der Waals surface area contributed by atoms with Gasteiger partial charge in [0.15, 0.2) is 0 Å². The van der Waals surface area contributed by atoms with E-state index in [-0.39, 0.29) is 29.9 Å². The van der Waals surface area contributed by atoms with Gasteiger partial charge in [0.05, 0.1) is 27.4 Å². The summed E-state index contributed by atoms with van der Waals surface area (Å²) in [5.41, 5.74) is 1.72. The van der Waals surface area contributed by atoms with Crippen LogP contribution >= 0.6 is 22.9 Å². The molecule has 0 spiro atoms. The highest BCUT2D eigenvalue weighted by Gasteiger charge is 2.39. The zero-order valence-electron chi connectivity index (χ0n) is 19.0. The van der Waals surface area contributed by atoms with Gasteiger partial charge < -0.3 is 20.7 Å². The van der Waals surface area contributed by atoms with Crippen molar-refractivity contribution in [3.05, 3.63) is 44.9 Å². The molecule has 2 aliphatic rings. The van der Waals surface area contributed by atoms with E-state index >= 15 is 0 Å². The Morgan fingerprint density at radius 2 is 2.00 bits per heavy atom. The normalized spacial score (nSPS) is 18.0. The van der Waals surface area contributed by atoms with Crippen LogP contribution in [0.2, 0.25) is 5.02 Å². The average molecular weight is 491 g/mol. The molecule has 2 saturated carbocycles. The molecule has 0 saturated heterocycles. The van der Waals surface area contributed by atoms with Crippen LogP contribution in [0.4, 0.5) is 5.69 Å². The van der Waals surface area contributed by atoms with Crippen LogP contribution in [0.15, 0.2) is 24.4 Å². The van der Waals surface area contributed by atoms with E-state index in [0.717, 1.165) is 54.8 Å². The topological polar surface area (TPSA) is 92.3 Å². The predicted molar refractivity (Wildman–Crippen MR) is 131 cm³/mol. The number of carbonyl (C=O) groups is 2. The van der Waals surface area contributed by atoms with Crippen LogP contribution in [0, 0.1) is 12.8 Å². The fourth-order valence-electron chi connectivity index (χ4n) is 4.38. The van der Waals surface area contributed by atoms with E-state index in [0.29, 0.717) is 16.4 Å². The quantitative estimate of drug-likeness (QED) is 0.461. The van der Waals surface area contributed by atoms with Crippen LogP contribution in [-0.2, 0) is 16.1 Å². The fourth-order valence-corrected chi connectivity index (χ4v) is 5.39. The highest BCUT2D eigenvalue weighted by atomic mass is 35.5. The Morgan fingerprint density at radius 1 is 1.24 bits per heavy atom. The zero-order valence-corrected chi connectivity index (χ0v) is 20.6. The summed E-state index contributed by atoms with van der Waals surface area (Å²) in [6.07, 6.45) is 7.60. The Labute approximate surface area is 203 Å². The lowest BCUT2D eigenvalue weighted by Crippen LogP contribution is -2.56. The summed E-state index contributed by atoms with van der Waals surface area (Å²) in [7, 11) is 1.63. The molecule has 2 aliphatic carbocycles. The van der Waals surface area contributed by atoms with Crippen molar-refractivity contribution >= 4 is 40.4 Å². The Morgan fingerprint density at radius 3 is 2.70 bits per heavy atom. The molecule has 0 radical (unpaired) electrons. The molecule has 2 aromatic heterocycles. The number of methoxy groups -OCH3 is 1. The first-order valence-corrected chi connectivity index (χ1v) is 12.7. The number of anilines is 1. The van der Waals surface area contributed by atoms with Gasteiger partial charge in [0, 0.05) is 30.8 Å². The molecule has 178 valence electrons. The summed E-state index contributed by atoms with van der Waals surface area (Å²) in [6, 6.07) is 5.08. The van der Waals surface area contributed by atoms with Gasteiger partial charge >= 0.3 is 0 Å². The Balaban J connectivity index is 1.42. The smallest absolute Gasteiger partial charge is 0.262 e. The second-order valence-corrected chi connectivity index (χ2v) is 10.5. The highest BCUT2D eigenvalue weighted by Crippen LogP contribution is 2.31. The molecule has 0 aliphatic heterocycles. The Kier molecular flexibility index (Phi) is 7.88. The van der Waals surface area contributed by atoms with Crippen LogP contribution in [0.5, 0.6) is 0 Å². The number of hydrogen-bond acceptors (Lipinski definition) is 6. The number of rotatable bonds is 10. The van der Waals surface area contributed by atoms with Crippen molar-refractivity contribution < 1.29 is 14.3 Å². The number of aryl methyl sites for hydroxylation is 1. The van der Waals surface area contributed by atoms with E-state index in [2.05, 4.69) is 20.9 Å². The van der Waals surface area contributed by atoms with Crippen molar-refractivity contribution in [2.45, 2.75) is 70.2 Å². The van der Waals surface area contributed by atoms with Crippen molar-refractivity contribution in [1.29, 1.82) is 0 Å². The molecular formula is C24H31ClN4O3S. The monoisotopic (exact) mass is 490 g/mol. The van der Waals surface area contributed by atoms with Crippen LogP contribution in [0.3, 0.4) is 0 Å². The first-order valence-electron chi connectivity index (χ1n) is 11.5. The maximum Gasteiger partial charge on any atom is 0.262 e. The van der Waals surface area contributed by atoms with E-state index in [1.807, 2.05) is 19.1 Å². The lowest BCUT2D eigenvalue weighted by Gasteiger charge is -2.30. The molecule has 2 fully saturated rings. The molecule has 2 heterocycles. The Hall–Kier alpha value is -2.16. The molecule has 33 heavy (non-hydrogen) atoms. The third kappa shape index (κ3) is 6.25. The van der Waals surface area contributed by atoms with Gasteiger partial charge in [-0.3, -0.25) is 14.6 Å². The number of halogens is 1. The minimum atomic E-state index is -0.699. The number of amides is 2. The maximum absolute atomic E-state index is 13.1. The van der Waals surface area contributed by atoms with Crippen LogP contribution in [-0.4, -0.2) is 42.1 Å². The molecule has 0 unspecified atom stereocenters. The van der Waals surface area contributed by atoms with Gasteiger partial charge in [-0.15, -0.1) is 11.3 Å². The summed E-state index contributed by atoms with van der Waals surface area (Å²) < 4.78 is 5.77. The van der Waals surface area contributed by atoms with E-state index < -0.39 is 6.04 Å². The molecular weight excluding hydrogens is 460 g/mol. The number of hydrogen-bond donors (Lipinski definition) is 3. The first-order chi connectivity index (χ1) is 15.9. The predicted octanol–water partition coefficient (Wildman–Crippen LogP) is 4.30. The second-order valence-electron chi connectivity index (χ2n) is 8.88. The molecule has 4 rings (SSSR count). The molecule has 2 aromatic rings. The minimum Gasteiger partial charge on any atom is -0.379 e. The number of carbonyl (C=O) groups excluding carboxylic acids is 2. The zero-order chi connectivity index (χ0) is 23.4. The van der Waals surface area contributed by atoms with Crippen LogP contribution in [0.25, 0.3) is 0 Å². The average Bonchev–Trinajstić information content (AvgIpc) is 3.25. The van der Waals surface area contributed by atoms with Gasteiger partial charge in [-0.05, 0) is 56.7 Å². The molecule has 2 atom stereocenters. The third-order valence-corrected chi connectivity index (χ3v) is 7.64. The number of pyridine rings is 1. The highest BCUT2D eigenvalue weighted by molar-refractivity contribution is 7.14. The van der Waals surface area contributed by atoms with E-state index in [4.69, 9.17) is 16.3 Å². The first kappa shape index (κ1) is 24.0.